The van der Waals surface area contributed by atoms with Crippen molar-refractivity contribution in [1.82, 2.24) is 24.1 Å². The molecule has 2 N–H and O–H groups in total. The minimum atomic E-state index is -3.12. The molecule has 2 atom stereocenters. The van der Waals surface area contributed by atoms with Crippen LogP contribution in [-0.2, 0) is 23.5 Å². The highest BCUT2D eigenvalue weighted by molar-refractivity contribution is 7.92. The van der Waals surface area contributed by atoms with E-state index in [9.17, 15) is 9.47 Å². The largest absolute Gasteiger partial charge is 0.467 e. The van der Waals surface area contributed by atoms with Crippen molar-refractivity contribution in [2.45, 2.75) is 31.4 Å². The van der Waals surface area contributed by atoms with E-state index in [4.69, 9.17) is 10.5 Å². The molecule has 32 heavy (non-hydrogen) atoms. The highest BCUT2D eigenvalue weighted by Gasteiger charge is 2.33. The Hall–Kier alpha value is -3.98. The maximum Gasteiger partial charge on any atom is 0.258 e. The van der Waals surface area contributed by atoms with Gasteiger partial charge in [-0.2, -0.15) is 10.4 Å². The fourth-order valence-corrected chi connectivity index (χ4v) is 5.68. The van der Waals surface area contributed by atoms with E-state index in [1.165, 1.54) is 21.5 Å². The van der Waals surface area contributed by atoms with Gasteiger partial charge in [-0.3, -0.25) is 8.99 Å². The molecule has 2 bridgehead atoms. The maximum absolute atomic E-state index is 14.2. The average Bonchev–Trinajstić information content (AvgIpc) is 3.28. The van der Waals surface area contributed by atoms with Crippen LogP contribution in [0.1, 0.15) is 35.5 Å². The molecule has 0 radical (unpaired) electrons. The quantitative estimate of drug-likeness (QED) is 0.553. The number of hydrogen-bond acceptors (Lipinski definition) is 9. The summed E-state index contributed by atoms with van der Waals surface area (Å²) in [6.45, 7) is 3.85. The van der Waals surface area contributed by atoms with E-state index < -0.39 is 16.0 Å². The van der Waals surface area contributed by atoms with Gasteiger partial charge in [0.2, 0.25) is 0 Å². The van der Waals surface area contributed by atoms with Crippen LogP contribution in [0.2, 0.25) is 0 Å². The number of nitrogen functional groups attached to an aromatic ring is 1. The zero-order chi connectivity index (χ0) is 22.6. The summed E-state index contributed by atoms with van der Waals surface area (Å²) in [5.41, 5.74) is 9.30. The minimum Gasteiger partial charge on any atom is -0.467 e. The van der Waals surface area contributed by atoms with Gasteiger partial charge in [0.25, 0.3) is 5.88 Å². The SMILES string of the molecule is Cc1ccc2c(c1)[C@@H](C)Oc1nc(cnc1N)-c1c(nn(C)c1C#N)CN1C=NN=S21=O. The lowest BCUT2D eigenvalue weighted by Gasteiger charge is -2.25. The van der Waals surface area contributed by atoms with Crippen molar-refractivity contribution >= 4 is 22.1 Å². The standard InChI is InChI=1S/C20H19N9O2S/c1-11-4-5-17-13(6-11)12(2)31-20-19(22)23-8-14(25-20)18-15(26-28(3)16(18)7-21)9-29-10-24-27-32(17,29)30/h4-6,8,10,12H,9H2,1-3H3,(H2,22,23)/t12-,32?/m1/s1. The predicted molar refractivity (Wildman–Crippen MR) is 116 cm³/mol. The van der Waals surface area contributed by atoms with Crippen LogP contribution >= 0.6 is 0 Å². The van der Waals surface area contributed by atoms with E-state index in [1.54, 1.807) is 13.1 Å². The zero-order valence-electron chi connectivity index (χ0n) is 17.6. The minimum absolute atomic E-state index is 0.0978. The molecule has 1 aromatic carbocycles. The molecule has 0 aliphatic carbocycles. The third kappa shape index (κ3) is 2.89. The number of rotatable bonds is 0. The van der Waals surface area contributed by atoms with Gasteiger partial charge >= 0.3 is 0 Å². The van der Waals surface area contributed by atoms with Crippen LogP contribution < -0.4 is 10.5 Å². The molecule has 4 heterocycles. The molecule has 2 aromatic heterocycles. The highest BCUT2D eigenvalue weighted by atomic mass is 32.2. The molecule has 11 nitrogen and oxygen atoms in total. The Balaban J connectivity index is 1.82. The van der Waals surface area contributed by atoms with Crippen LogP contribution in [0.3, 0.4) is 0 Å². The van der Waals surface area contributed by atoms with Gasteiger partial charge in [-0.25, -0.2) is 14.2 Å². The second kappa shape index (κ2) is 7.03. The van der Waals surface area contributed by atoms with Gasteiger partial charge in [0, 0.05) is 12.6 Å². The van der Waals surface area contributed by atoms with E-state index >= 15 is 0 Å². The molecule has 3 aromatic rings. The third-order valence-corrected chi connectivity index (χ3v) is 7.51. The van der Waals surface area contributed by atoms with Crippen molar-refractivity contribution in [3.05, 3.63) is 46.9 Å². The number of aryl methyl sites for hydroxylation is 2. The van der Waals surface area contributed by atoms with Crippen LogP contribution in [0, 0.1) is 18.3 Å². The first-order valence-corrected chi connectivity index (χ1v) is 11.2. The molecule has 162 valence electrons. The smallest absolute Gasteiger partial charge is 0.258 e. The molecular weight excluding hydrogens is 430 g/mol. The summed E-state index contributed by atoms with van der Waals surface area (Å²) in [4.78, 5) is 9.27. The Morgan fingerprint density at radius 3 is 2.97 bits per heavy atom. The summed E-state index contributed by atoms with van der Waals surface area (Å²) in [7, 11) is -1.46. The van der Waals surface area contributed by atoms with E-state index in [0.29, 0.717) is 27.4 Å². The predicted octanol–water partition coefficient (Wildman–Crippen LogP) is 2.29. The Morgan fingerprint density at radius 1 is 1.38 bits per heavy atom. The summed E-state index contributed by atoms with van der Waals surface area (Å²) in [5, 5.41) is 18.2. The van der Waals surface area contributed by atoms with Gasteiger partial charge in [0.05, 0.1) is 34.6 Å². The molecule has 0 amide bonds. The summed E-state index contributed by atoms with van der Waals surface area (Å²) in [6.07, 6.45) is 2.34. The number of anilines is 1. The Labute approximate surface area is 184 Å². The number of aromatic nitrogens is 4. The summed E-state index contributed by atoms with van der Waals surface area (Å²) in [6, 6.07) is 7.69. The topological polar surface area (TPSA) is 148 Å². The number of nitrogens with two attached hydrogens (primary N) is 1. The third-order valence-electron chi connectivity index (χ3n) is 5.39. The van der Waals surface area contributed by atoms with E-state index in [0.717, 1.165) is 5.56 Å². The first kappa shape index (κ1) is 20.0. The number of hydrogen-bond donors (Lipinski definition) is 1. The van der Waals surface area contributed by atoms with Crippen molar-refractivity contribution in [3.63, 3.8) is 0 Å². The highest BCUT2D eigenvalue weighted by Crippen LogP contribution is 2.36. The van der Waals surface area contributed by atoms with Gasteiger partial charge in [-0.1, -0.05) is 22.2 Å². The summed E-state index contributed by atoms with van der Waals surface area (Å²) < 4.78 is 27.3. The maximum atomic E-state index is 14.2. The van der Waals surface area contributed by atoms with Crippen molar-refractivity contribution < 1.29 is 8.95 Å². The van der Waals surface area contributed by atoms with Gasteiger partial charge in [0.15, 0.2) is 15.7 Å². The van der Waals surface area contributed by atoms with Crippen LogP contribution in [0.5, 0.6) is 5.88 Å². The van der Waals surface area contributed by atoms with Crippen LogP contribution in [0.15, 0.2) is 38.9 Å². The number of nitriles is 1. The van der Waals surface area contributed by atoms with Crippen molar-refractivity contribution in [1.29, 1.82) is 5.26 Å². The fourth-order valence-electron chi connectivity index (χ4n) is 3.83. The van der Waals surface area contributed by atoms with E-state index in [2.05, 4.69) is 30.7 Å². The lowest BCUT2D eigenvalue weighted by atomic mass is 10.1. The molecule has 2 aliphatic heterocycles. The van der Waals surface area contributed by atoms with Gasteiger partial charge in [0.1, 0.15) is 24.2 Å². The lowest BCUT2D eigenvalue weighted by molar-refractivity contribution is 0.215. The summed E-state index contributed by atoms with van der Waals surface area (Å²) >= 11 is 0. The molecule has 0 saturated carbocycles. The zero-order valence-corrected chi connectivity index (χ0v) is 18.4. The van der Waals surface area contributed by atoms with Crippen LogP contribution in [0.4, 0.5) is 5.82 Å². The lowest BCUT2D eigenvalue weighted by Crippen LogP contribution is -2.28. The number of benzene rings is 1. The summed E-state index contributed by atoms with van der Waals surface area (Å²) in [5.74, 6) is 0.226. The van der Waals surface area contributed by atoms with Gasteiger partial charge in [-0.15, -0.1) is 5.10 Å². The monoisotopic (exact) mass is 449 g/mol. The first-order valence-electron chi connectivity index (χ1n) is 9.74. The van der Waals surface area contributed by atoms with E-state index in [1.807, 2.05) is 26.0 Å². The molecule has 0 spiro atoms. The molecule has 1 unspecified atom stereocenters. The Kier molecular flexibility index (Phi) is 4.38. The number of nitrogens with zero attached hydrogens (tertiary/aromatic N) is 8. The van der Waals surface area contributed by atoms with Crippen molar-refractivity contribution in [3.8, 4) is 23.2 Å². The second-order valence-corrected chi connectivity index (χ2v) is 9.60. The normalized spacial score (nSPS) is 21.2. The van der Waals surface area contributed by atoms with Crippen molar-refractivity contribution in [2.24, 2.45) is 16.6 Å². The number of fused-ring (bicyclic) bond motifs is 7. The Morgan fingerprint density at radius 2 is 2.19 bits per heavy atom. The average molecular weight is 450 g/mol. The molecular formula is C20H19N9O2S. The van der Waals surface area contributed by atoms with Crippen LogP contribution in [-0.4, -0.2) is 34.6 Å². The molecule has 5 rings (SSSR count). The fraction of sp³-hybridized carbons (Fsp3) is 0.250. The molecule has 2 aliphatic rings. The van der Waals surface area contributed by atoms with Crippen LogP contribution in [0.25, 0.3) is 11.3 Å². The van der Waals surface area contributed by atoms with E-state index in [-0.39, 0.29) is 23.9 Å². The van der Waals surface area contributed by atoms with Crippen molar-refractivity contribution in [2.75, 3.05) is 5.73 Å². The second-order valence-electron chi connectivity index (χ2n) is 7.54. The molecule has 0 saturated heterocycles. The molecule has 0 fully saturated rings. The first-order chi connectivity index (χ1) is 15.3. The van der Waals surface area contributed by atoms with Gasteiger partial charge < -0.3 is 10.5 Å². The Bertz CT molecular complexity index is 1460. The number of ether oxygens (including phenoxy) is 1. The van der Waals surface area contributed by atoms with Gasteiger partial charge in [-0.05, 0) is 19.9 Å². The molecule has 12 heteroatoms.